The summed E-state index contributed by atoms with van der Waals surface area (Å²) in [4.78, 5) is 5.06. The highest BCUT2D eigenvalue weighted by Gasteiger charge is 2.22. The SMILES string of the molecule is CCCN1CCN(c2c(C)nn(-c3ccccc3)c2C)CC1. The van der Waals surface area contributed by atoms with Crippen LogP contribution in [0, 0.1) is 13.8 Å². The van der Waals surface area contributed by atoms with Gasteiger partial charge in [-0.1, -0.05) is 25.1 Å². The fourth-order valence-corrected chi connectivity index (χ4v) is 3.42. The Morgan fingerprint density at radius 2 is 1.68 bits per heavy atom. The van der Waals surface area contributed by atoms with E-state index in [1.165, 1.54) is 24.3 Å². The van der Waals surface area contributed by atoms with Crippen molar-refractivity contribution in [2.75, 3.05) is 37.6 Å². The minimum absolute atomic E-state index is 1.10. The van der Waals surface area contributed by atoms with Crippen molar-refractivity contribution in [1.82, 2.24) is 14.7 Å². The lowest BCUT2D eigenvalue weighted by Gasteiger charge is -2.36. The molecular formula is C18H26N4. The van der Waals surface area contributed by atoms with Gasteiger partial charge in [-0.05, 0) is 38.9 Å². The molecule has 1 aromatic heterocycles. The summed E-state index contributed by atoms with van der Waals surface area (Å²) in [6, 6.07) is 10.4. The van der Waals surface area contributed by atoms with Crippen molar-refractivity contribution in [3.05, 3.63) is 41.7 Å². The monoisotopic (exact) mass is 298 g/mol. The molecule has 2 heterocycles. The van der Waals surface area contributed by atoms with E-state index in [1.54, 1.807) is 0 Å². The van der Waals surface area contributed by atoms with Crippen LogP contribution in [0.3, 0.4) is 0 Å². The zero-order valence-corrected chi connectivity index (χ0v) is 13.9. The molecule has 3 rings (SSSR count). The zero-order chi connectivity index (χ0) is 15.5. The summed E-state index contributed by atoms with van der Waals surface area (Å²) < 4.78 is 2.07. The van der Waals surface area contributed by atoms with Gasteiger partial charge in [-0.15, -0.1) is 0 Å². The standard InChI is InChI=1S/C18H26N4/c1-4-10-20-11-13-21(14-12-20)18-15(2)19-22(16(18)3)17-8-6-5-7-9-17/h5-9H,4,10-14H2,1-3H3. The maximum absolute atomic E-state index is 4.77. The molecule has 0 radical (unpaired) electrons. The van der Waals surface area contributed by atoms with Crippen LogP contribution < -0.4 is 4.90 Å². The summed E-state index contributed by atoms with van der Waals surface area (Å²) in [7, 11) is 0. The lowest BCUT2D eigenvalue weighted by atomic mass is 10.2. The molecule has 2 aromatic rings. The van der Waals surface area contributed by atoms with Crippen LogP contribution in [-0.2, 0) is 0 Å². The van der Waals surface area contributed by atoms with Gasteiger partial charge in [-0.25, -0.2) is 4.68 Å². The van der Waals surface area contributed by atoms with Gasteiger partial charge < -0.3 is 4.90 Å². The fourth-order valence-electron chi connectivity index (χ4n) is 3.42. The van der Waals surface area contributed by atoms with Crippen molar-refractivity contribution in [2.24, 2.45) is 0 Å². The van der Waals surface area contributed by atoms with Gasteiger partial charge in [0.1, 0.15) is 0 Å². The highest BCUT2D eigenvalue weighted by molar-refractivity contribution is 5.57. The van der Waals surface area contributed by atoms with E-state index in [2.05, 4.69) is 59.5 Å². The summed E-state index contributed by atoms with van der Waals surface area (Å²) in [5, 5.41) is 4.77. The molecule has 1 aromatic carbocycles. The smallest absolute Gasteiger partial charge is 0.0834 e. The number of rotatable bonds is 4. The highest BCUT2D eigenvalue weighted by atomic mass is 15.3. The first-order valence-electron chi connectivity index (χ1n) is 8.29. The first-order chi connectivity index (χ1) is 10.7. The molecule has 4 heteroatoms. The Hall–Kier alpha value is -1.81. The first kappa shape index (κ1) is 15.1. The Kier molecular flexibility index (Phi) is 4.48. The molecule has 0 N–H and O–H groups in total. The highest BCUT2D eigenvalue weighted by Crippen LogP contribution is 2.27. The Morgan fingerprint density at radius 1 is 1.00 bits per heavy atom. The van der Waals surface area contributed by atoms with Crippen LogP contribution in [-0.4, -0.2) is 47.4 Å². The second-order valence-corrected chi connectivity index (χ2v) is 6.10. The molecule has 1 fully saturated rings. The van der Waals surface area contributed by atoms with Crippen LogP contribution in [0.5, 0.6) is 0 Å². The molecule has 0 unspecified atom stereocenters. The number of aryl methyl sites for hydroxylation is 1. The molecule has 0 saturated carbocycles. The van der Waals surface area contributed by atoms with Gasteiger partial charge in [0.2, 0.25) is 0 Å². The quantitative estimate of drug-likeness (QED) is 0.867. The van der Waals surface area contributed by atoms with Crippen molar-refractivity contribution >= 4 is 5.69 Å². The number of benzene rings is 1. The third-order valence-corrected chi connectivity index (χ3v) is 4.48. The summed E-state index contributed by atoms with van der Waals surface area (Å²) in [5.74, 6) is 0. The van der Waals surface area contributed by atoms with E-state index in [-0.39, 0.29) is 0 Å². The normalized spacial score (nSPS) is 16.2. The largest absolute Gasteiger partial charge is 0.366 e. The molecule has 1 saturated heterocycles. The maximum Gasteiger partial charge on any atom is 0.0834 e. The van der Waals surface area contributed by atoms with Crippen LogP contribution in [0.25, 0.3) is 5.69 Å². The van der Waals surface area contributed by atoms with Crippen LogP contribution in [0.2, 0.25) is 0 Å². The number of hydrogen-bond acceptors (Lipinski definition) is 3. The predicted molar refractivity (Wildman–Crippen MR) is 92.0 cm³/mol. The van der Waals surface area contributed by atoms with Crippen molar-refractivity contribution in [1.29, 1.82) is 0 Å². The molecule has 22 heavy (non-hydrogen) atoms. The van der Waals surface area contributed by atoms with Gasteiger partial charge in [0.05, 0.1) is 22.8 Å². The molecule has 118 valence electrons. The molecule has 4 nitrogen and oxygen atoms in total. The third kappa shape index (κ3) is 2.88. The van der Waals surface area contributed by atoms with Crippen LogP contribution >= 0.6 is 0 Å². The Labute approximate surface area is 133 Å². The molecule has 0 spiro atoms. The van der Waals surface area contributed by atoms with Crippen LogP contribution in [0.15, 0.2) is 30.3 Å². The van der Waals surface area contributed by atoms with Crippen LogP contribution in [0.4, 0.5) is 5.69 Å². The van der Waals surface area contributed by atoms with E-state index in [0.29, 0.717) is 0 Å². The molecule has 0 amide bonds. The van der Waals surface area contributed by atoms with E-state index >= 15 is 0 Å². The topological polar surface area (TPSA) is 24.3 Å². The van der Waals surface area contributed by atoms with Gasteiger partial charge in [0.25, 0.3) is 0 Å². The number of para-hydroxylation sites is 1. The summed E-state index contributed by atoms with van der Waals surface area (Å²) in [6.45, 7) is 12.3. The third-order valence-electron chi connectivity index (χ3n) is 4.48. The lowest BCUT2D eigenvalue weighted by Crippen LogP contribution is -2.46. The number of aromatic nitrogens is 2. The molecular weight excluding hydrogens is 272 g/mol. The van der Waals surface area contributed by atoms with Crippen molar-refractivity contribution in [2.45, 2.75) is 27.2 Å². The van der Waals surface area contributed by atoms with E-state index in [9.17, 15) is 0 Å². The average molecular weight is 298 g/mol. The van der Waals surface area contributed by atoms with Crippen molar-refractivity contribution < 1.29 is 0 Å². The van der Waals surface area contributed by atoms with Crippen LogP contribution in [0.1, 0.15) is 24.7 Å². The summed E-state index contributed by atoms with van der Waals surface area (Å²) in [6.07, 6.45) is 1.24. The molecule has 0 aliphatic carbocycles. The van der Waals surface area contributed by atoms with Crippen molar-refractivity contribution in [3.8, 4) is 5.69 Å². The molecule has 0 atom stereocenters. The molecule has 0 bridgehead atoms. The van der Waals surface area contributed by atoms with E-state index in [1.807, 2.05) is 6.07 Å². The Bertz CT molecular complexity index is 610. The second kappa shape index (κ2) is 6.53. The number of piperazine rings is 1. The average Bonchev–Trinajstić information content (AvgIpc) is 2.84. The van der Waals surface area contributed by atoms with Crippen molar-refractivity contribution in [3.63, 3.8) is 0 Å². The summed E-state index contributed by atoms with van der Waals surface area (Å²) in [5.41, 5.74) is 4.83. The van der Waals surface area contributed by atoms with Gasteiger partial charge in [0.15, 0.2) is 0 Å². The predicted octanol–water partition coefficient (Wildman–Crippen LogP) is 3.02. The van der Waals surface area contributed by atoms with Gasteiger partial charge >= 0.3 is 0 Å². The zero-order valence-electron chi connectivity index (χ0n) is 13.9. The van der Waals surface area contributed by atoms with E-state index in [4.69, 9.17) is 5.10 Å². The van der Waals surface area contributed by atoms with Gasteiger partial charge in [0, 0.05) is 26.2 Å². The first-order valence-corrected chi connectivity index (χ1v) is 8.29. The lowest BCUT2D eigenvalue weighted by molar-refractivity contribution is 0.258. The Balaban J connectivity index is 1.82. The number of anilines is 1. The minimum Gasteiger partial charge on any atom is -0.366 e. The van der Waals surface area contributed by atoms with E-state index in [0.717, 1.165) is 37.6 Å². The maximum atomic E-state index is 4.77. The summed E-state index contributed by atoms with van der Waals surface area (Å²) >= 11 is 0. The minimum atomic E-state index is 1.10. The number of nitrogens with zero attached hydrogens (tertiary/aromatic N) is 4. The van der Waals surface area contributed by atoms with Gasteiger partial charge in [-0.3, -0.25) is 4.90 Å². The van der Waals surface area contributed by atoms with E-state index < -0.39 is 0 Å². The fraction of sp³-hybridized carbons (Fsp3) is 0.500. The van der Waals surface area contributed by atoms with Gasteiger partial charge in [-0.2, -0.15) is 5.10 Å². The molecule has 1 aliphatic heterocycles. The number of hydrogen-bond donors (Lipinski definition) is 0. The second-order valence-electron chi connectivity index (χ2n) is 6.10. The Morgan fingerprint density at radius 3 is 2.32 bits per heavy atom. The molecule has 1 aliphatic rings.